The molecule has 0 aliphatic rings. The first-order valence-electron chi connectivity index (χ1n) is 5.57. The second-order valence-electron chi connectivity index (χ2n) is 4.26. The van der Waals surface area contributed by atoms with Crippen LogP contribution in [0.5, 0.6) is 11.5 Å². The van der Waals surface area contributed by atoms with Gasteiger partial charge in [-0.25, -0.2) is 0 Å². The lowest BCUT2D eigenvalue weighted by atomic mass is 10.0. The molecule has 96 valence electrons. The summed E-state index contributed by atoms with van der Waals surface area (Å²) in [5.74, 6) is 1.39. The molecule has 0 aromatic heterocycles. The molecule has 2 unspecified atom stereocenters. The van der Waals surface area contributed by atoms with E-state index in [9.17, 15) is 5.11 Å². The van der Waals surface area contributed by atoms with E-state index in [-0.39, 0.29) is 6.04 Å². The van der Waals surface area contributed by atoms with Crippen molar-refractivity contribution in [3.8, 4) is 11.5 Å². The molecule has 0 aliphatic carbocycles. The van der Waals surface area contributed by atoms with Crippen molar-refractivity contribution in [1.29, 1.82) is 0 Å². The van der Waals surface area contributed by atoms with Crippen molar-refractivity contribution in [3.63, 3.8) is 0 Å². The Balaban J connectivity index is 3.09. The standard InChI is InChI=1S/C13H21NO3/c1-9(14(2)3)13(15)11-8-10(16-4)6-7-12(11)17-5/h6-9,13,15H,1-5H3. The molecule has 1 aromatic carbocycles. The summed E-state index contributed by atoms with van der Waals surface area (Å²) in [7, 11) is 7.06. The molecule has 4 nitrogen and oxygen atoms in total. The molecule has 0 heterocycles. The number of nitrogens with zero attached hydrogens (tertiary/aromatic N) is 1. The average Bonchev–Trinajstić information content (AvgIpc) is 2.35. The lowest BCUT2D eigenvalue weighted by molar-refractivity contribution is 0.0834. The van der Waals surface area contributed by atoms with Gasteiger partial charge in [0, 0.05) is 11.6 Å². The Kier molecular flexibility index (Phi) is 4.78. The molecule has 0 saturated heterocycles. The third-order valence-electron chi connectivity index (χ3n) is 3.03. The number of aliphatic hydroxyl groups is 1. The smallest absolute Gasteiger partial charge is 0.124 e. The van der Waals surface area contributed by atoms with Gasteiger partial charge >= 0.3 is 0 Å². The van der Waals surface area contributed by atoms with Crippen LogP contribution in [0.4, 0.5) is 0 Å². The van der Waals surface area contributed by atoms with Crippen molar-refractivity contribution in [2.75, 3.05) is 28.3 Å². The number of hydrogen-bond donors (Lipinski definition) is 1. The number of likely N-dealkylation sites (N-methyl/N-ethyl adjacent to an activating group) is 1. The summed E-state index contributed by atoms with van der Waals surface area (Å²) in [5.41, 5.74) is 0.744. The Bertz CT molecular complexity index is 366. The molecule has 1 N–H and O–H groups in total. The molecule has 0 fully saturated rings. The van der Waals surface area contributed by atoms with Gasteiger partial charge in [0.1, 0.15) is 11.5 Å². The fourth-order valence-corrected chi connectivity index (χ4v) is 1.61. The summed E-state index contributed by atoms with van der Waals surface area (Å²) in [6, 6.07) is 5.43. The second-order valence-corrected chi connectivity index (χ2v) is 4.26. The van der Waals surface area contributed by atoms with Crippen LogP contribution in [0.2, 0.25) is 0 Å². The third-order valence-corrected chi connectivity index (χ3v) is 3.03. The predicted molar refractivity (Wildman–Crippen MR) is 67.7 cm³/mol. The van der Waals surface area contributed by atoms with Crippen molar-refractivity contribution >= 4 is 0 Å². The lowest BCUT2D eigenvalue weighted by Crippen LogP contribution is -2.31. The van der Waals surface area contributed by atoms with E-state index in [1.54, 1.807) is 20.3 Å². The van der Waals surface area contributed by atoms with Crippen molar-refractivity contribution < 1.29 is 14.6 Å². The molecule has 1 aromatic rings. The molecular formula is C13H21NO3. The van der Waals surface area contributed by atoms with Gasteiger partial charge in [-0.05, 0) is 39.2 Å². The average molecular weight is 239 g/mol. The van der Waals surface area contributed by atoms with E-state index in [0.29, 0.717) is 11.5 Å². The van der Waals surface area contributed by atoms with Crippen molar-refractivity contribution in [2.45, 2.75) is 19.1 Å². The zero-order valence-electron chi connectivity index (χ0n) is 11.1. The van der Waals surface area contributed by atoms with Gasteiger partial charge in [-0.3, -0.25) is 0 Å². The largest absolute Gasteiger partial charge is 0.497 e. The summed E-state index contributed by atoms with van der Waals surface area (Å²) in [6.45, 7) is 1.96. The normalized spacial score (nSPS) is 14.5. The van der Waals surface area contributed by atoms with Gasteiger partial charge in [-0.15, -0.1) is 0 Å². The third kappa shape index (κ3) is 3.11. The highest BCUT2D eigenvalue weighted by Gasteiger charge is 2.22. The first kappa shape index (κ1) is 13.8. The van der Waals surface area contributed by atoms with Crippen molar-refractivity contribution in [3.05, 3.63) is 23.8 Å². The van der Waals surface area contributed by atoms with Crippen LogP contribution in [0.15, 0.2) is 18.2 Å². The maximum atomic E-state index is 10.3. The van der Waals surface area contributed by atoms with Crippen molar-refractivity contribution in [2.24, 2.45) is 0 Å². The van der Waals surface area contributed by atoms with E-state index in [4.69, 9.17) is 9.47 Å². The van der Waals surface area contributed by atoms with E-state index in [0.717, 1.165) is 5.56 Å². The topological polar surface area (TPSA) is 41.9 Å². The highest BCUT2D eigenvalue weighted by atomic mass is 16.5. The summed E-state index contributed by atoms with van der Waals surface area (Å²) in [6.07, 6.45) is -0.616. The van der Waals surface area contributed by atoms with E-state index in [2.05, 4.69) is 0 Å². The Morgan fingerprint density at radius 3 is 2.29 bits per heavy atom. The van der Waals surface area contributed by atoms with Gasteiger partial charge in [0.2, 0.25) is 0 Å². The molecular weight excluding hydrogens is 218 g/mol. The Morgan fingerprint density at radius 1 is 1.18 bits per heavy atom. The number of methoxy groups -OCH3 is 2. The molecule has 0 amide bonds. The lowest BCUT2D eigenvalue weighted by Gasteiger charge is -2.26. The summed E-state index contributed by atoms with van der Waals surface area (Å²) < 4.78 is 10.4. The van der Waals surface area contributed by atoms with Gasteiger partial charge < -0.3 is 19.5 Å². The van der Waals surface area contributed by atoms with E-state index in [1.807, 2.05) is 38.1 Å². The molecule has 0 bridgehead atoms. The molecule has 0 saturated carbocycles. The molecule has 0 aliphatic heterocycles. The predicted octanol–water partition coefficient (Wildman–Crippen LogP) is 1.69. The van der Waals surface area contributed by atoms with Crippen LogP contribution in [0, 0.1) is 0 Å². The van der Waals surface area contributed by atoms with Gasteiger partial charge in [0.05, 0.1) is 20.3 Å². The van der Waals surface area contributed by atoms with Crippen LogP contribution in [0.3, 0.4) is 0 Å². The molecule has 2 atom stereocenters. The minimum Gasteiger partial charge on any atom is -0.497 e. The maximum Gasteiger partial charge on any atom is 0.124 e. The first-order chi connectivity index (χ1) is 8.01. The maximum absolute atomic E-state index is 10.3. The monoisotopic (exact) mass is 239 g/mol. The molecule has 4 heteroatoms. The molecule has 1 rings (SSSR count). The minimum atomic E-state index is -0.616. The van der Waals surface area contributed by atoms with Gasteiger partial charge in [0.15, 0.2) is 0 Å². The number of hydrogen-bond acceptors (Lipinski definition) is 4. The van der Waals surface area contributed by atoms with Gasteiger partial charge in [0.25, 0.3) is 0 Å². The summed E-state index contributed by atoms with van der Waals surface area (Å²) in [4.78, 5) is 1.96. The fourth-order valence-electron chi connectivity index (χ4n) is 1.61. The van der Waals surface area contributed by atoms with Crippen LogP contribution >= 0.6 is 0 Å². The van der Waals surface area contributed by atoms with Gasteiger partial charge in [-0.1, -0.05) is 0 Å². The van der Waals surface area contributed by atoms with Crippen LogP contribution in [0.1, 0.15) is 18.6 Å². The minimum absolute atomic E-state index is 0.00370. The summed E-state index contributed by atoms with van der Waals surface area (Å²) in [5, 5.41) is 10.3. The first-order valence-corrected chi connectivity index (χ1v) is 5.57. The second kappa shape index (κ2) is 5.89. The molecule has 0 radical (unpaired) electrons. The van der Waals surface area contributed by atoms with E-state index in [1.165, 1.54) is 0 Å². The SMILES string of the molecule is COc1ccc(OC)c(C(O)C(C)N(C)C)c1. The fraction of sp³-hybridized carbons (Fsp3) is 0.538. The van der Waals surface area contributed by atoms with E-state index < -0.39 is 6.10 Å². The number of aliphatic hydroxyl groups excluding tert-OH is 1. The zero-order valence-corrected chi connectivity index (χ0v) is 11.1. The Morgan fingerprint density at radius 2 is 1.82 bits per heavy atom. The quantitative estimate of drug-likeness (QED) is 0.849. The number of benzene rings is 1. The van der Waals surface area contributed by atoms with Crippen LogP contribution in [-0.4, -0.2) is 44.4 Å². The van der Waals surface area contributed by atoms with Crippen LogP contribution < -0.4 is 9.47 Å². The van der Waals surface area contributed by atoms with Crippen LogP contribution in [0.25, 0.3) is 0 Å². The number of ether oxygens (including phenoxy) is 2. The molecule has 17 heavy (non-hydrogen) atoms. The highest BCUT2D eigenvalue weighted by Crippen LogP contribution is 2.31. The van der Waals surface area contributed by atoms with Crippen LogP contribution in [-0.2, 0) is 0 Å². The van der Waals surface area contributed by atoms with Crippen molar-refractivity contribution in [1.82, 2.24) is 4.90 Å². The Labute approximate surface area is 103 Å². The number of rotatable bonds is 5. The van der Waals surface area contributed by atoms with E-state index >= 15 is 0 Å². The zero-order chi connectivity index (χ0) is 13.0. The molecule has 0 spiro atoms. The van der Waals surface area contributed by atoms with Gasteiger partial charge in [-0.2, -0.15) is 0 Å². The summed E-state index contributed by atoms with van der Waals surface area (Å²) >= 11 is 0. The highest BCUT2D eigenvalue weighted by molar-refractivity contribution is 5.42. The Hall–Kier alpha value is -1.26.